The van der Waals surface area contributed by atoms with Crippen molar-refractivity contribution in [2.45, 2.75) is 6.10 Å². The van der Waals surface area contributed by atoms with E-state index in [4.69, 9.17) is 4.74 Å². The normalized spacial score (nSPS) is 12.3. The number of fused-ring (bicyclic) bond motifs is 1. The molecule has 20 heavy (non-hydrogen) atoms. The second-order valence-corrected chi connectivity index (χ2v) is 4.56. The van der Waals surface area contributed by atoms with Gasteiger partial charge in [-0.2, -0.15) is 0 Å². The zero-order valence-electron chi connectivity index (χ0n) is 11.2. The maximum absolute atomic E-state index is 10.7. The molecule has 0 bridgehead atoms. The van der Waals surface area contributed by atoms with Crippen LogP contribution in [-0.2, 0) is 0 Å². The van der Waals surface area contributed by atoms with E-state index in [-0.39, 0.29) is 0 Å². The molecule has 0 aliphatic rings. The summed E-state index contributed by atoms with van der Waals surface area (Å²) in [4.78, 5) is 4.26. The van der Waals surface area contributed by atoms with E-state index in [0.29, 0.717) is 11.4 Å². The van der Waals surface area contributed by atoms with E-state index in [9.17, 15) is 5.11 Å². The molecule has 0 radical (unpaired) electrons. The van der Waals surface area contributed by atoms with Gasteiger partial charge in [0.15, 0.2) is 0 Å². The molecule has 0 saturated heterocycles. The van der Waals surface area contributed by atoms with Gasteiger partial charge < -0.3 is 9.84 Å². The van der Waals surface area contributed by atoms with Crippen molar-refractivity contribution in [2.75, 3.05) is 7.11 Å². The summed E-state index contributed by atoms with van der Waals surface area (Å²) in [5, 5.41) is 12.8. The fourth-order valence-corrected chi connectivity index (χ4v) is 2.42. The number of ether oxygens (including phenoxy) is 1. The molecule has 0 saturated carbocycles. The van der Waals surface area contributed by atoms with Crippen LogP contribution in [-0.4, -0.2) is 17.2 Å². The summed E-state index contributed by atoms with van der Waals surface area (Å²) in [6.45, 7) is 0. The van der Waals surface area contributed by atoms with E-state index in [1.54, 1.807) is 25.4 Å². The van der Waals surface area contributed by atoms with Crippen molar-refractivity contribution in [1.29, 1.82) is 0 Å². The molecule has 3 nitrogen and oxygen atoms in total. The van der Waals surface area contributed by atoms with Gasteiger partial charge >= 0.3 is 0 Å². The minimum Gasteiger partial charge on any atom is -0.495 e. The number of aliphatic hydroxyl groups excluding tert-OH is 1. The molecular weight excluding hydrogens is 250 g/mol. The summed E-state index contributed by atoms with van der Waals surface area (Å²) in [5.41, 5.74) is 1.37. The van der Waals surface area contributed by atoms with E-state index < -0.39 is 6.10 Å². The third kappa shape index (κ3) is 2.12. The second kappa shape index (κ2) is 5.31. The molecule has 1 N–H and O–H groups in total. The summed E-state index contributed by atoms with van der Waals surface area (Å²) in [5.74, 6) is 0.591. The first kappa shape index (κ1) is 12.6. The second-order valence-electron chi connectivity index (χ2n) is 4.56. The van der Waals surface area contributed by atoms with Crippen LogP contribution in [0.4, 0.5) is 0 Å². The van der Waals surface area contributed by atoms with Gasteiger partial charge in [0.05, 0.1) is 7.11 Å². The van der Waals surface area contributed by atoms with Gasteiger partial charge in [-0.3, -0.25) is 4.98 Å². The largest absolute Gasteiger partial charge is 0.495 e. The molecule has 0 fully saturated rings. The van der Waals surface area contributed by atoms with Crippen molar-refractivity contribution in [2.24, 2.45) is 0 Å². The lowest BCUT2D eigenvalue weighted by Gasteiger charge is -2.15. The first-order chi connectivity index (χ1) is 9.81. The molecule has 0 spiro atoms. The highest BCUT2D eigenvalue weighted by Gasteiger charge is 2.18. The number of pyridine rings is 1. The quantitative estimate of drug-likeness (QED) is 0.790. The van der Waals surface area contributed by atoms with Crippen LogP contribution in [0.15, 0.2) is 60.8 Å². The first-order valence-corrected chi connectivity index (χ1v) is 6.46. The predicted molar refractivity (Wildman–Crippen MR) is 78.8 cm³/mol. The Bertz CT molecular complexity index is 734. The van der Waals surface area contributed by atoms with E-state index in [2.05, 4.69) is 4.98 Å². The Morgan fingerprint density at radius 2 is 1.80 bits per heavy atom. The average molecular weight is 265 g/mol. The Balaban J connectivity index is 2.15. The van der Waals surface area contributed by atoms with Gasteiger partial charge in [-0.15, -0.1) is 0 Å². The first-order valence-electron chi connectivity index (χ1n) is 6.46. The van der Waals surface area contributed by atoms with Crippen LogP contribution in [0.25, 0.3) is 10.8 Å². The smallest absolute Gasteiger partial charge is 0.143 e. The lowest BCUT2D eigenvalue weighted by Crippen LogP contribution is -2.05. The highest BCUT2D eigenvalue weighted by molar-refractivity contribution is 5.86. The molecule has 0 aliphatic carbocycles. The Morgan fingerprint density at radius 1 is 1.00 bits per heavy atom. The third-order valence-electron chi connectivity index (χ3n) is 3.40. The lowest BCUT2D eigenvalue weighted by molar-refractivity contribution is 0.211. The maximum Gasteiger partial charge on any atom is 0.143 e. The number of hydrogen-bond acceptors (Lipinski definition) is 3. The summed E-state index contributed by atoms with van der Waals surface area (Å²) in [6.07, 6.45) is 0.851. The minimum atomic E-state index is -0.808. The highest BCUT2D eigenvalue weighted by atomic mass is 16.5. The SMILES string of the molecule is COc1cccnc1C(O)c1cccc2ccccc12. The zero-order chi connectivity index (χ0) is 13.9. The van der Waals surface area contributed by atoms with Gasteiger partial charge in [0, 0.05) is 6.20 Å². The lowest BCUT2D eigenvalue weighted by atomic mass is 9.98. The monoisotopic (exact) mass is 265 g/mol. The highest BCUT2D eigenvalue weighted by Crippen LogP contribution is 2.31. The van der Waals surface area contributed by atoms with Crippen molar-refractivity contribution >= 4 is 10.8 Å². The molecule has 0 amide bonds. The molecule has 3 heteroatoms. The van der Waals surface area contributed by atoms with E-state index >= 15 is 0 Å². The Kier molecular flexibility index (Phi) is 3.35. The number of methoxy groups -OCH3 is 1. The molecule has 0 aliphatic heterocycles. The van der Waals surface area contributed by atoms with Crippen LogP contribution in [0.1, 0.15) is 17.4 Å². The Hall–Kier alpha value is -2.39. The molecule has 3 aromatic rings. The van der Waals surface area contributed by atoms with Gasteiger partial charge in [0.2, 0.25) is 0 Å². The van der Waals surface area contributed by atoms with Gasteiger partial charge in [-0.25, -0.2) is 0 Å². The molecule has 1 atom stereocenters. The fraction of sp³-hybridized carbons (Fsp3) is 0.118. The fourth-order valence-electron chi connectivity index (χ4n) is 2.42. The summed E-state index contributed by atoms with van der Waals surface area (Å²) < 4.78 is 5.28. The minimum absolute atomic E-state index is 0.534. The van der Waals surface area contributed by atoms with Crippen molar-refractivity contribution in [3.63, 3.8) is 0 Å². The van der Waals surface area contributed by atoms with E-state index in [1.807, 2.05) is 42.5 Å². The number of rotatable bonds is 3. The maximum atomic E-state index is 10.7. The number of aromatic nitrogens is 1. The van der Waals surface area contributed by atoms with Crippen LogP contribution in [0.5, 0.6) is 5.75 Å². The van der Waals surface area contributed by atoms with Gasteiger partial charge in [-0.1, -0.05) is 42.5 Å². The van der Waals surface area contributed by atoms with E-state index in [1.165, 1.54) is 0 Å². The number of hydrogen-bond donors (Lipinski definition) is 1. The summed E-state index contributed by atoms with van der Waals surface area (Å²) >= 11 is 0. The van der Waals surface area contributed by atoms with Crippen molar-refractivity contribution in [3.8, 4) is 5.75 Å². The molecule has 1 heterocycles. The third-order valence-corrected chi connectivity index (χ3v) is 3.40. The molecule has 2 aromatic carbocycles. The van der Waals surface area contributed by atoms with Crippen LogP contribution in [0.2, 0.25) is 0 Å². The summed E-state index contributed by atoms with van der Waals surface area (Å²) in [6, 6.07) is 17.5. The van der Waals surface area contributed by atoms with Gasteiger partial charge in [0.25, 0.3) is 0 Å². The number of nitrogens with zero attached hydrogens (tertiary/aromatic N) is 1. The van der Waals surface area contributed by atoms with Crippen LogP contribution >= 0.6 is 0 Å². The average Bonchev–Trinajstić information content (AvgIpc) is 2.53. The molecule has 1 unspecified atom stereocenters. The van der Waals surface area contributed by atoms with Crippen molar-refractivity contribution < 1.29 is 9.84 Å². The van der Waals surface area contributed by atoms with Crippen LogP contribution in [0, 0.1) is 0 Å². The summed E-state index contributed by atoms with van der Waals surface area (Å²) in [7, 11) is 1.58. The molecule has 100 valence electrons. The zero-order valence-corrected chi connectivity index (χ0v) is 11.2. The van der Waals surface area contributed by atoms with Gasteiger partial charge in [0.1, 0.15) is 17.5 Å². The van der Waals surface area contributed by atoms with Crippen molar-refractivity contribution in [1.82, 2.24) is 4.98 Å². The Labute approximate surface area is 117 Å². The van der Waals surface area contributed by atoms with E-state index in [0.717, 1.165) is 16.3 Å². The van der Waals surface area contributed by atoms with Crippen molar-refractivity contribution in [3.05, 3.63) is 72.1 Å². The van der Waals surface area contributed by atoms with Crippen LogP contribution < -0.4 is 4.74 Å². The number of benzene rings is 2. The standard InChI is InChI=1S/C17H15NO2/c1-20-15-10-5-11-18-16(15)17(19)14-9-4-7-12-6-2-3-8-13(12)14/h2-11,17,19H,1H3. The Morgan fingerprint density at radius 3 is 2.65 bits per heavy atom. The molecular formula is C17H15NO2. The topological polar surface area (TPSA) is 42.4 Å². The molecule has 1 aromatic heterocycles. The van der Waals surface area contributed by atoms with Crippen LogP contribution in [0.3, 0.4) is 0 Å². The molecule has 3 rings (SSSR count). The predicted octanol–water partition coefficient (Wildman–Crippen LogP) is 3.33. The van der Waals surface area contributed by atoms with Gasteiger partial charge in [-0.05, 0) is 28.5 Å². The number of aliphatic hydroxyl groups is 1.